The Hall–Kier alpha value is -1.49. The average molecular weight is 443 g/mol. The van der Waals surface area contributed by atoms with Crippen LogP contribution in [0.2, 0.25) is 0 Å². The second kappa shape index (κ2) is 9.76. The van der Waals surface area contributed by atoms with Crippen molar-refractivity contribution in [3.8, 4) is 5.75 Å². The summed E-state index contributed by atoms with van der Waals surface area (Å²) in [6, 6.07) is 3.42. The molecule has 0 spiro atoms. The van der Waals surface area contributed by atoms with Crippen molar-refractivity contribution in [2.75, 3.05) is 13.2 Å². The lowest BCUT2D eigenvalue weighted by molar-refractivity contribution is -0.114. The second-order valence-corrected chi connectivity index (χ2v) is 11.7. The molecule has 0 bridgehead atoms. The molecule has 0 radical (unpaired) electrons. The quantitative estimate of drug-likeness (QED) is 0.366. The summed E-state index contributed by atoms with van der Waals surface area (Å²) in [5.74, 6) is -1.82. The van der Waals surface area contributed by atoms with Crippen LogP contribution in [0.3, 0.4) is 0 Å². The molecule has 5 nitrogen and oxygen atoms in total. The van der Waals surface area contributed by atoms with E-state index >= 15 is 4.39 Å². The molecule has 0 fully saturated rings. The molecular weight excluding hydrogens is 406 g/mol. The third-order valence-electron chi connectivity index (χ3n) is 4.81. The number of phenols is 1. The number of allylic oxidation sites excluding steroid dienone is 1. The zero-order valence-electron chi connectivity index (χ0n) is 19.6. The summed E-state index contributed by atoms with van der Waals surface area (Å²) in [7, 11) is -3.72. The van der Waals surface area contributed by atoms with E-state index in [9.17, 15) is 14.5 Å². The SMILES string of the molecule is CCOP(=O)(OCC)C(C)C(=O)C=C(F)c1cc(C(C)(C)C)cc(C(C)(C)C)c1O. The molecule has 0 aliphatic heterocycles. The number of benzene rings is 1. The van der Waals surface area contributed by atoms with Gasteiger partial charge >= 0.3 is 7.60 Å². The van der Waals surface area contributed by atoms with Crippen LogP contribution in [0, 0.1) is 0 Å². The van der Waals surface area contributed by atoms with Crippen molar-refractivity contribution in [2.24, 2.45) is 0 Å². The van der Waals surface area contributed by atoms with Crippen molar-refractivity contribution >= 4 is 19.2 Å². The van der Waals surface area contributed by atoms with Crippen molar-refractivity contribution < 1.29 is 27.9 Å². The number of halogens is 1. The number of hydrogen-bond acceptors (Lipinski definition) is 5. The van der Waals surface area contributed by atoms with Gasteiger partial charge in [-0.2, -0.15) is 0 Å². The number of phenolic OH excluding ortho intramolecular Hbond substituents is 1. The summed E-state index contributed by atoms with van der Waals surface area (Å²) >= 11 is 0. The minimum absolute atomic E-state index is 0.0597. The summed E-state index contributed by atoms with van der Waals surface area (Å²) in [5.41, 5.74) is -0.535. The Morgan fingerprint density at radius 2 is 1.60 bits per heavy atom. The van der Waals surface area contributed by atoms with Crippen LogP contribution in [0.25, 0.3) is 5.83 Å². The van der Waals surface area contributed by atoms with Crippen LogP contribution >= 0.6 is 7.60 Å². The van der Waals surface area contributed by atoms with Gasteiger partial charge in [0.05, 0.1) is 18.8 Å². The second-order valence-electron chi connectivity index (χ2n) is 9.37. The van der Waals surface area contributed by atoms with Crippen molar-refractivity contribution in [1.82, 2.24) is 0 Å². The highest BCUT2D eigenvalue weighted by molar-refractivity contribution is 7.55. The number of aromatic hydroxyl groups is 1. The number of ketones is 1. The van der Waals surface area contributed by atoms with E-state index in [-0.39, 0.29) is 29.9 Å². The standard InChI is InChI=1S/C23H36FO5P/c1-10-28-30(27,29-11-2)15(3)20(25)14-19(24)17-12-16(22(4,5)6)13-18(21(17)26)23(7,8)9/h12-15,26H,10-11H2,1-9H3. The highest BCUT2D eigenvalue weighted by Gasteiger charge is 2.37. The predicted molar refractivity (Wildman–Crippen MR) is 120 cm³/mol. The molecule has 0 aliphatic rings. The first-order valence-electron chi connectivity index (χ1n) is 10.3. The van der Waals surface area contributed by atoms with E-state index in [0.29, 0.717) is 5.56 Å². The maximum Gasteiger partial charge on any atom is 0.341 e. The minimum Gasteiger partial charge on any atom is -0.507 e. The van der Waals surface area contributed by atoms with Gasteiger partial charge in [-0.05, 0) is 43.2 Å². The van der Waals surface area contributed by atoms with E-state index in [1.807, 2.05) is 47.6 Å². The molecule has 170 valence electrons. The number of carbonyl (C=O) groups is 1. The molecule has 1 aromatic carbocycles. The Kier molecular flexibility index (Phi) is 8.63. The molecule has 7 heteroatoms. The summed E-state index contributed by atoms with van der Waals surface area (Å²) in [5, 5.41) is 10.8. The Balaban J connectivity index is 3.51. The van der Waals surface area contributed by atoms with Crippen molar-refractivity contribution in [3.05, 3.63) is 34.9 Å². The smallest absolute Gasteiger partial charge is 0.341 e. The fourth-order valence-electron chi connectivity index (χ4n) is 2.92. The van der Waals surface area contributed by atoms with E-state index in [4.69, 9.17) is 9.05 Å². The van der Waals surface area contributed by atoms with E-state index in [0.717, 1.165) is 11.6 Å². The summed E-state index contributed by atoms with van der Waals surface area (Å²) in [6.07, 6.45) is 0.767. The molecule has 1 rings (SSSR count). The minimum atomic E-state index is -3.72. The third-order valence-corrected chi connectivity index (χ3v) is 7.25. The fraction of sp³-hybridized carbons (Fsp3) is 0.609. The van der Waals surface area contributed by atoms with Crippen LogP contribution in [0.5, 0.6) is 5.75 Å². The average Bonchev–Trinajstić information content (AvgIpc) is 2.59. The summed E-state index contributed by atoms with van der Waals surface area (Å²) in [4.78, 5) is 12.7. The van der Waals surface area contributed by atoms with Crippen molar-refractivity contribution in [3.63, 3.8) is 0 Å². The largest absolute Gasteiger partial charge is 0.507 e. The first-order valence-corrected chi connectivity index (χ1v) is 11.9. The maximum atomic E-state index is 15.2. The van der Waals surface area contributed by atoms with Crippen LogP contribution < -0.4 is 0 Å². The molecule has 1 aromatic rings. The van der Waals surface area contributed by atoms with Gasteiger partial charge < -0.3 is 14.2 Å². The number of hydrogen-bond donors (Lipinski definition) is 1. The first-order chi connectivity index (χ1) is 13.6. The fourth-order valence-corrected chi connectivity index (χ4v) is 4.55. The van der Waals surface area contributed by atoms with Gasteiger partial charge in [0.1, 0.15) is 17.2 Å². The van der Waals surface area contributed by atoms with Crippen LogP contribution in [0.1, 0.15) is 79.0 Å². The van der Waals surface area contributed by atoms with Gasteiger partial charge in [-0.15, -0.1) is 0 Å². The lowest BCUT2D eigenvalue weighted by atomic mass is 9.78. The number of carbonyl (C=O) groups excluding carboxylic acids is 1. The third kappa shape index (κ3) is 6.26. The molecule has 0 aliphatic carbocycles. The van der Waals surface area contributed by atoms with E-state index in [1.165, 1.54) is 6.92 Å². The van der Waals surface area contributed by atoms with Gasteiger partial charge in [-0.1, -0.05) is 47.6 Å². The highest BCUT2D eigenvalue weighted by atomic mass is 31.2. The van der Waals surface area contributed by atoms with Gasteiger partial charge in [0.25, 0.3) is 0 Å². The lowest BCUT2D eigenvalue weighted by Crippen LogP contribution is -2.19. The topological polar surface area (TPSA) is 72.8 Å². The molecule has 0 aromatic heterocycles. The maximum absolute atomic E-state index is 15.2. The molecule has 1 N–H and O–H groups in total. The van der Waals surface area contributed by atoms with Gasteiger partial charge in [0, 0.05) is 11.6 Å². The lowest BCUT2D eigenvalue weighted by Gasteiger charge is -2.27. The molecular formula is C23H36FO5P. The van der Waals surface area contributed by atoms with Gasteiger partial charge in [-0.3, -0.25) is 9.36 Å². The van der Waals surface area contributed by atoms with Gasteiger partial charge in [0.15, 0.2) is 5.78 Å². The van der Waals surface area contributed by atoms with E-state index < -0.39 is 30.3 Å². The first kappa shape index (κ1) is 26.5. The molecule has 0 heterocycles. The zero-order chi connectivity index (χ0) is 23.5. The van der Waals surface area contributed by atoms with E-state index in [2.05, 4.69) is 0 Å². The van der Waals surface area contributed by atoms with Crippen LogP contribution in [-0.2, 0) is 29.2 Å². The van der Waals surface area contributed by atoms with Crippen molar-refractivity contribution in [2.45, 2.75) is 78.8 Å². The Labute approximate surface area is 180 Å². The molecule has 0 saturated carbocycles. The van der Waals surface area contributed by atoms with Gasteiger partial charge in [-0.25, -0.2) is 4.39 Å². The predicted octanol–water partition coefficient (Wildman–Crippen LogP) is 6.52. The highest BCUT2D eigenvalue weighted by Crippen LogP contribution is 2.53. The Bertz CT molecular complexity index is 836. The Morgan fingerprint density at radius 3 is 2.00 bits per heavy atom. The molecule has 1 atom stereocenters. The van der Waals surface area contributed by atoms with Gasteiger partial charge in [0.2, 0.25) is 0 Å². The molecule has 30 heavy (non-hydrogen) atoms. The summed E-state index contributed by atoms with van der Waals surface area (Å²) in [6.45, 7) is 16.6. The summed E-state index contributed by atoms with van der Waals surface area (Å²) < 4.78 is 38.5. The zero-order valence-corrected chi connectivity index (χ0v) is 20.5. The monoisotopic (exact) mass is 442 g/mol. The van der Waals surface area contributed by atoms with E-state index in [1.54, 1.807) is 19.9 Å². The normalized spacial score (nSPS) is 14.7. The van der Waals surface area contributed by atoms with Crippen molar-refractivity contribution in [1.29, 1.82) is 0 Å². The number of rotatable bonds is 8. The Morgan fingerprint density at radius 1 is 1.10 bits per heavy atom. The molecule has 1 unspecified atom stereocenters. The van der Waals surface area contributed by atoms with Crippen LogP contribution in [0.15, 0.2) is 18.2 Å². The molecule has 0 saturated heterocycles. The van der Waals surface area contributed by atoms with Crippen LogP contribution in [-0.4, -0.2) is 29.8 Å². The molecule has 0 amide bonds. The van der Waals surface area contributed by atoms with Crippen LogP contribution in [0.4, 0.5) is 4.39 Å².